The normalized spacial score (nSPS) is 32.6. The predicted molar refractivity (Wildman–Crippen MR) is 62.1 cm³/mol. The number of fused-ring (bicyclic) bond motifs is 3. The lowest BCUT2D eigenvalue weighted by Gasteiger charge is -2.27. The molecule has 0 spiro atoms. The fourth-order valence-electron chi connectivity index (χ4n) is 2.37. The Labute approximate surface area is 89.3 Å². The molecule has 0 saturated carbocycles. The largest absolute Gasteiger partial charge is 0.492 e. The summed E-state index contributed by atoms with van der Waals surface area (Å²) in [4.78, 5) is 0. The van der Waals surface area contributed by atoms with Crippen LogP contribution in [0.1, 0.15) is 5.56 Å². The van der Waals surface area contributed by atoms with Crippen molar-refractivity contribution >= 4 is 12.7 Å². The van der Waals surface area contributed by atoms with E-state index in [1.165, 1.54) is 5.57 Å². The monoisotopic (exact) mass is 220 g/mol. The van der Waals surface area contributed by atoms with Gasteiger partial charge in [0.15, 0.2) is 0 Å². The molecule has 0 bridgehead atoms. The molecule has 0 radical (unpaired) electrons. The Morgan fingerprint density at radius 1 is 1.40 bits per heavy atom. The van der Waals surface area contributed by atoms with Gasteiger partial charge >= 0.3 is 0 Å². The first-order valence-corrected chi connectivity index (χ1v) is 7.58. The lowest BCUT2D eigenvalue weighted by Crippen LogP contribution is -2.22. The van der Waals surface area contributed by atoms with Gasteiger partial charge in [-0.3, -0.25) is 0 Å². The van der Waals surface area contributed by atoms with Crippen molar-refractivity contribution < 1.29 is 9.30 Å². The maximum Gasteiger partial charge on any atom is 0.126 e. The molecule has 2 aliphatic rings. The number of hydrogen-bond donors (Lipinski definition) is 0. The van der Waals surface area contributed by atoms with Crippen molar-refractivity contribution in [1.82, 2.24) is 0 Å². The molecule has 2 heterocycles. The average Bonchev–Trinajstić information content (AvgIpc) is 2.55. The van der Waals surface area contributed by atoms with Gasteiger partial charge in [0.25, 0.3) is 0 Å². The Balaban J connectivity index is 2.14. The molecule has 1 aromatic rings. The number of hydrogen-bond acceptors (Lipinski definition) is 2. The van der Waals surface area contributed by atoms with Crippen molar-refractivity contribution in [3.63, 3.8) is 0 Å². The summed E-state index contributed by atoms with van der Waals surface area (Å²) in [7, 11) is -2.05. The van der Waals surface area contributed by atoms with Crippen molar-refractivity contribution in [2.24, 2.45) is 0 Å². The first-order valence-electron chi connectivity index (χ1n) is 5.17. The minimum Gasteiger partial charge on any atom is -0.492 e. The zero-order valence-corrected chi connectivity index (χ0v) is 9.54. The molecule has 0 aromatic heterocycles. The molecular formula is C12H13O2P. The minimum atomic E-state index is -2.05. The van der Waals surface area contributed by atoms with Crippen molar-refractivity contribution in [3.05, 3.63) is 35.9 Å². The highest BCUT2D eigenvalue weighted by Gasteiger charge is 2.39. The molecule has 3 rings (SSSR count). The molecule has 0 fully saturated rings. The molecule has 0 N–H and O–H groups in total. The molecule has 3 heteroatoms. The third-order valence-electron chi connectivity index (χ3n) is 3.29. The number of ether oxygens (including phenoxy) is 1. The molecule has 0 aliphatic carbocycles. The summed E-state index contributed by atoms with van der Waals surface area (Å²) in [6.07, 6.45) is 2.86. The third-order valence-corrected chi connectivity index (χ3v) is 5.94. The fourth-order valence-corrected chi connectivity index (χ4v) is 4.41. The van der Waals surface area contributed by atoms with E-state index >= 15 is 0 Å². The number of allylic oxidation sites excluding steroid dienone is 1. The molecule has 78 valence electrons. The van der Waals surface area contributed by atoms with Crippen LogP contribution in [0.5, 0.6) is 5.75 Å². The lowest BCUT2D eigenvalue weighted by atomic mass is 10.00. The summed E-state index contributed by atoms with van der Waals surface area (Å²) >= 11 is 0. The van der Waals surface area contributed by atoms with Crippen LogP contribution >= 0.6 is 7.14 Å². The van der Waals surface area contributed by atoms with Crippen LogP contribution in [0, 0.1) is 0 Å². The Bertz CT molecular complexity index is 490. The second-order valence-electron chi connectivity index (χ2n) is 4.34. The molecule has 2 nitrogen and oxygen atoms in total. The van der Waals surface area contributed by atoms with Crippen molar-refractivity contribution in [2.45, 2.75) is 5.66 Å². The highest BCUT2D eigenvalue weighted by molar-refractivity contribution is 7.65. The van der Waals surface area contributed by atoms with E-state index in [0.717, 1.165) is 17.5 Å². The van der Waals surface area contributed by atoms with Gasteiger partial charge in [-0.15, -0.1) is 0 Å². The Kier molecular flexibility index (Phi) is 1.84. The van der Waals surface area contributed by atoms with E-state index < -0.39 is 7.14 Å². The first kappa shape index (κ1) is 9.23. The fraction of sp³-hybridized carbons (Fsp3) is 0.333. The van der Waals surface area contributed by atoms with Crippen LogP contribution in [0.15, 0.2) is 30.3 Å². The van der Waals surface area contributed by atoms with Crippen LogP contribution in [0.25, 0.3) is 5.57 Å². The average molecular weight is 220 g/mol. The van der Waals surface area contributed by atoms with Crippen molar-refractivity contribution in [2.75, 3.05) is 19.4 Å². The summed E-state index contributed by atoms with van der Waals surface area (Å²) in [6.45, 7) is 2.47. The minimum absolute atomic E-state index is 0.132. The molecule has 0 amide bonds. The van der Waals surface area contributed by atoms with Gasteiger partial charge in [0.2, 0.25) is 0 Å². The van der Waals surface area contributed by atoms with Gasteiger partial charge in [-0.1, -0.05) is 24.3 Å². The van der Waals surface area contributed by atoms with Crippen LogP contribution in [0.4, 0.5) is 0 Å². The van der Waals surface area contributed by atoms with E-state index in [2.05, 4.69) is 12.1 Å². The van der Waals surface area contributed by atoms with Crippen molar-refractivity contribution in [1.29, 1.82) is 0 Å². The van der Waals surface area contributed by atoms with Crippen LogP contribution in [0.3, 0.4) is 0 Å². The lowest BCUT2D eigenvalue weighted by molar-refractivity contribution is 0.317. The van der Waals surface area contributed by atoms with Gasteiger partial charge in [0.1, 0.15) is 12.4 Å². The third kappa shape index (κ3) is 1.28. The summed E-state index contributed by atoms with van der Waals surface area (Å²) in [6, 6.07) is 8.01. The molecule has 15 heavy (non-hydrogen) atoms. The number of para-hydroxylation sites is 1. The van der Waals surface area contributed by atoms with E-state index in [1.807, 2.05) is 24.9 Å². The van der Waals surface area contributed by atoms with E-state index in [1.54, 1.807) is 0 Å². The maximum atomic E-state index is 12.3. The topological polar surface area (TPSA) is 26.3 Å². The molecule has 1 aromatic carbocycles. The molecule has 2 atom stereocenters. The van der Waals surface area contributed by atoms with Crippen LogP contribution in [-0.4, -0.2) is 25.1 Å². The summed E-state index contributed by atoms with van der Waals surface area (Å²) < 4.78 is 17.9. The predicted octanol–water partition coefficient (Wildman–Crippen LogP) is 2.84. The quantitative estimate of drug-likeness (QED) is 0.628. The van der Waals surface area contributed by atoms with Crippen LogP contribution in [0.2, 0.25) is 0 Å². The van der Waals surface area contributed by atoms with Gasteiger partial charge in [-0.2, -0.15) is 0 Å². The maximum absolute atomic E-state index is 12.3. The van der Waals surface area contributed by atoms with E-state index in [4.69, 9.17) is 4.74 Å². The molecule has 2 aliphatic heterocycles. The summed E-state index contributed by atoms with van der Waals surface area (Å²) in [5.74, 6) is 0.932. The summed E-state index contributed by atoms with van der Waals surface area (Å²) in [5, 5.41) is 0. The number of benzene rings is 1. The van der Waals surface area contributed by atoms with Gasteiger partial charge in [-0.05, 0) is 18.3 Å². The van der Waals surface area contributed by atoms with Crippen LogP contribution in [-0.2, 0) is 4.57 Å². The Hall–Kier alpha value is -1.01. The van der Waals surface area contributed by atoms with E-state index in [9.17, 15) is 4.57 Å². The Morgan fingerprint density at radius 2 is 2.20 bits per heavy atom. The van der Waals surface area contributed by atoms with Gasteiger partial charge < -0.3 is 9.30 Å². The van der Waals surface area contributed by atoms with Gasteiger partial charge in [0.05, 0.1) is 12.8 Å². The zero-order chi connectivity index (χ0) is 10.5. The second-order valence-corrected chi connectivity index (χ2v) is 7.68. The van der Waals surface area contributed by atoms with Crippen LogP contribution < -0.4 is 4.74 Å². The van der Waals surface area contributed by atoms with Crippen molar-refractivity contribution in [3.8, 4) is 5.75 Å². The van der Waals surface area contributed by atoms with E-state index in [-0.39, 0.29) is 5.66 Å². The highest BCUT2D eigenvalue weighted by atomic mass is 31.2. The number of rotatable bonds is 0. The zero-order valence-electron chi connectivity index (χ0n) is 8.64. The molecule has 0 unspecified atom stereocenters. The highest BCUT2D eigenvalue weighted by Crippen LogP contribution is 2.59. The smallest absolute Gasteiger partial charge is 0.126 e. The first-order chi connectivity index (χ1) is 7.18. The van der Waals surface area contributed by atoms with E-state index in [0.29, 0.717) is 6.61 Å². The standard InChI is InChI=1S/C12H13O2P/c1-15(13)7-6-10-9-4-2-3-5-11(9)14-8-12(10)15/h2-6,12H,7-8H2,1H3/t12-,15-/m0/s1. The summed E-state index contributed by atoms with van der Waals surface area (Å²) in [5.41, 5.74) is 2.50. The molecule has 0 saturated heterocycles. The van der Waals surface area contributed by atoms with Gasteiger partial charge in [-0.25, -0.2) is 0 Å². The second kappa shape index (κ2) is 2.99. The van der Waals surface area contributed by atoms with Gasteiger partial charge in [0, 0.05) is 11.7 Å². The molecular weight excluding hydrogens is 207 g/mol. The Morgan fingerprint density at radius 3 is 3.07 bits per heavy atom. The SMILES string of the molecule is C[P@]1(=O)CC=C2c3ccccc3OC[C@@H]21.